The first-order chi connectivity index (χ1) is 30.0. The van der Waals surface area contributed by atoms with Crippen molar-refractivity contribution in [1.29, 1.82) is 21.0 Å². The molecule has 0 saturated carbocycles. The second-order valence-electron chi connectivity index (χ2n) is 14.5. The SMILES string of the molecule is N#Cc1ccc(-c2c3nc(c(-c4ccc(C#N)cc4)c4ccc([nH]4)c4ccc([nH]4)c(-c4ccc(C#N)cc4)c4nc(c(-c5ccc(C#N)cc5)c5ccc2[nH]5)C=C4)C=C3)cc1. The third kappa shape index (κ3) is 6.54. The monoisotopic (exact) mass is 779 g/mol. The van der Waals surface area contributed by atoms with E-state index in [1.165, 1.54) is 0 Å². The summed E-state index contributed by atoms with van der Waals surface area (Å²) in [5.74, 6) is 0. The number of aromatic nitrogens is 5. The minimum absolute atomic E-state index is 0.545. The zero-order valence-electron chi connectivity index (χ0n) is 32.2. The van der Waals surface area contributed by atoms with Gasteiger partial charge in [-0.3, -0.25) is 0 Å². The van der Waals surface area contributed by atoms with Gasteiger partial charge in [-0.1, -0.05) is 48.5 Å². The van der Waals surface area contributed by atoms with Crippen molar-refractivity contribution in [1.82, 2.24) is 24.9 Å². The Balaban J connectivity index is 1.37. The molecule has 0 spiro atoms. The largest absolute Gasteiger partial charge is 0.354 e. The smallest absolute Gasteiger partial charge is 0.0991 e. The van der Waals surface area contributed by atoms with Gasteiger partial charge >= 0.3 is 0 Å². The lowest BCUT2D eigenvalue weighted by Crippen LogP contribution is -1.89. The van der Waals surface area contributed by atoms with Crippen LogP contribution >= 0.6 is 0 Å². The van der Waals surface area contributed by atoms with Crippen LogP contribution < -0.4 is 0 Å². The zero-order chi connectivity index (χ0) is 41.5. The fraction of sp³-hybridized carbons (Fsp3) is 0. The number of nitrogens with zero attached hydrogens (tertiary/aromatic N) is 6. The molecule has 0 saturated heterocycles. The van der Waals surface area contributed by atoms with Gasteiger partial charge in [0.25, 0.3) is 0 Å². The summed E-state index contributed by atoms with van der Waals surface area (Å²) in [7, 11) is 0. The number of hydrogen-bond acceptors (Lipinski definition) is 6. The van der Waals surface area contributed by atoms with Crippen LogP contribution in [0.4, 0.5) is 0 Å². The Morgan fingerprint density at radius 3 is 0.721 bits per heavy atom. The Bertz CT molecular complexity index is 3300. The Kier molecular flexibility index (Phi) is 8.82. The van der Waals surface area contributed by atoms with Crippen molar-refractivity contribution < 1.29 is 0 Å². The Morgan fingerprint density at radius 2 is 0.492 bits per heavy atom. The topological polar surface area (TPSA) is 168 Å². The molecular weight excluding hydrogens is 751 g/mol. The molecule has 10 bridgehead atoms. The van der Waals surface area contributed by atoms with E-state index >= 15 is 0 Å². The normalized spacial score (nSPS) is 11.4. The fourth-order valence-electron chi connectivity index (χ4n) is 7.98. The van der Waals surface area contributed by atoms with E-state index in [9.17, 15) is 21.0 Å². The molecule has 0 atom stereocenters. The lowest BCUT2D eigenvalue weighted by Gasteiger charge is -2.06. The van der Waals surface area contributed by atoms with Crippen LogP contribution in [0.15, 0.2) is 133 Å². The van der Waals surface area contributed by atoms with E-state index in [0.29, 0.717) is 33.6 Å². The minimum atomic E-state index is 0.545. The summed E-state index contributed by atoms with van der Waals surface area (Å²) in [5, 5.41) is 38.6. The summed E-state index contributed by atoms with van der Waals surface area (Å²) >= 11 is 0. The first-order valence-electron chi connectivity index (χ1n) is 19.4. The van der Waals surface area contributed by atoms with Crippen LogP contribution in [-0.2, 0) is 0 Å². The van der Waals surface area contributed by atoms with Crippen LogP contribution in [0.3, 0.4) is 0 Å². The summed E-state index contributed by atoms with van der Waals surface area (Å²) < 4.78 is 0. The highest BCUT2D eigenvalue weighted by molar-refractivity contribution is 5.99. The summed E-state index contributed by atoms with van der Waals surface area (Å²) in [6.07, 6.45) is 8.02. The highest BCUT2D eigenvalue weighted by atomic mass is 14.8. The molecule has 61 heavy (non-hydrogen) atoms. The summed E-state index contributed by atoms with van der Waals surface area (Å²) in [6, 6.07) is 51.0. The van der Waals surface area contributed by atoms with Gasteiger partial charge in [0.2, 0.25) is 0 Å². The zero-order valence-corrected chi connectivity index (χ0v) is 32.2. The maximum absolute atomic E-state index is 9.66. The molecule has 8 aromatic rings. The van der Waals surface area contributed by atoms with Gasteiger partial charge in [0.1, 0.15) is 0 Å². The molecule has 0 fully saturated rings. The van der Waals surface area contributed by atoms with Crippen LogP contribution in [0.2, 0.25) is 0 Å². The van der Waals surface area contributed by atoms with E-state index in [2.05, 4.69) is 39.2 Å². The molecule has 0 aliphatic carbocycles. The maximum Gasteiger partial charge on any atom is 0.0991 e. The number of nitrogens with one attached hydrogen (secondary N) is 3. The van der Waals surface area contributed by atoms with Gasteiger partial charge in [0.05, 0.1) is 80.3 Å². The molecule has 9 heteroatoms. The van der Waals surface area contributed by atoms with Gasteiger partial charge in [-0.25, -0.2) is 9.97 Å². The number of rotatable bonds is 4. The summed E-state index contributed by atoms with van der Waals surface area (Å²) in [4.78, 5) is 21.6. The van der Waals surface area contributed by atoms with Gasteiger partial charge in [0.15, 0.2) is 0 Å². The van der Waals surface area contributed by atoms with Crippen LogP contribution in [-0.4, -0.2) is 24.9 Å². The molecule has 0 unspecified atom stereocenters. The number of benzene rings is 4. The Morgan fingerprint density at radius 1 is 0.279 bits per heavy atom. The number of nitriles is 4. The molecule has 6 heterocycles. The van der Waals surface area contributed by atoms with Crippen LogP contribution in [0.25, 0.3) is 102 Å². The number of H-pyrrole nitrogens is 3. The number of hydrogen-bond donors (Lipinski definition) is 3. The lowest BCUT2D eigenvalue weighted by molar-refractivity contribution is 1.31. The third-order valence-corrected chi connectivity index (χ3v) is 10.9. The van der Waals surface area contributed by atoms with Crippen LogP contribution in [0.5, 0.6) is 0 Å². The van der Waals surface area contributed by atoms with E-state index in [1.54, 1.807) is 24.3 Å². The summed E-state index contributed by atoms with van der Waals surface area (Å²) in [5.41, 5.74) is 16.9. The molecular formula is C52H29N9. The van der Waals surface area contributed by atoms with Crippen molar-refractivity contribution in [2.24, 2.45) is 0 Å². The highest BCUT2D eigenvalue weighted by Gasteiger charge is 2.19. The second kappa shape index (κ2) is 14.9. The average molecular weight is 780 g/mol. The predicted octanol–water partition coefficient (Wildman–Crippen LogP) is 11.9. The van der Waals surface area contributed by atoms with Crippen molar-refractivity contribution in [3.8, 4) is 68.8 Å². The maximum atomic E-state index is 9.66. The first-order valence-corrected chi connectivity index (χ1v) is 19.4. The van der Waals surface area contributed by atoms with E-state index in [4.69, 9.17) is 9.97 Å². The second-order valence-corrected chi connectivity index (χ2v) is 14.5. The van der Waals surface area contributed by atoms with Crippen molar-refractivity contribution in [3.63, 3.8) is 0 Å². The van der Waals surface area contributed by atoms with Gasteiger partial charge < -0.3 is 15.0 Å². The third-order valence-electron chi connectivity index (χ3n) is 10.9. The summed E-state index contributed by atoms with van der Waals surface area (Å²) in [6.45, 7) is 0. The minimum Gasteiger partial charge on any atom is -0.354 e. The van der Waals surface area contributed by atoms with Crippen LogP contribution in [0.1, 0.15) is 45.0 Å². The van der Waals surface area contributed by atoms with Gasteiger partial charge in [-0.2, -0.15) is 21.0 Å². The predicted molar refractivity (Wildman–Crippen MR) is 240 cm³/mol. The molecule has 4 aromatic carbocycles. The molecule has 4 aromatic heterocycles. The number of fused-ring (bicyclic) bond motifs is 11. The molecule has 2 aliphatic rings. The molecule has 3 N–H and O–H groups in total. The average Bonchev–Trinajstić information content (AvgIpc) is 4.18. The number of aromatic amines is 3. The first kappa shape index (κ1) is 36.1. The Labute approximate surface area is 349 Å². The highest BCUT2D eigenvalue weighted by Crippen LogP contribution is 2.38. The molecule has 0 radical (unpaired) electrons. The Hall–Kier alpha value is -9.28. The van der Waals surface area contributed by atoms with E-state index < -0.39 is 0 Å². The molecule has 2 aliphatic heterocycles. The standard InChI is InChI=1S/C52H29N9/c53-27-31-1-9-35(10-2-31)49-41-19-17-39(57-41)40-18-20-42(58-40)50(36-11-3-32(28-54)4-12-36)44-22-24-46(60-44)52(38-15-7-34(30-56)8-16-38)48-26-25-47(61-48)51(45-23-21-43(49)59-45)37-13-5-33(29-55)6-14-37/h1-26,57-58,61H. The molecule has 9 nitrogen and oxygen atoms in total. The molecule has 282 valence electrons. The molecule has 0 amide bonds. The van der Waals surface area contributed by atoms with Crippen molar-refractivity contribution in [3.05, 3.63) is 178 Å². The van der Waals surface area contributed by atoms with Gasteiger partial charge in [-0.05, 0) is 131 Å². The van der Waals surface area contributed by atoms with Crippen LogP contribution in [0, 0.1) is 45.3 Å². The van der Waals surface area contributed by atoms with Gasteiger partial charge in [-0.15, -0.1) is 0 Å². The van der Waals surface area contributed by atoms with Crippen molar-refractivity contribution in [2.45, 2.75) is 0 Å². The van der Waals surface area contributed by atoms with E-state index in [0.717, 1.165) is 89.0 Å². The molecule has 10 rings (SSSR count). The quantitative estimate of drug-likeness (QED) is 0.161. The van der Waals surface area contributed by atoms with E-state index in [1.807, 2.05) is 133 Å². The van der Waals surface area contributed by atoms with E-state index in [-0.39, 0.29) is 0 Å². The fourth-order valence-corrected chi connectivity index (χ4v) is 7.98. The van der Waals surface area contributed by atoms with Gasteiger partial charge in [0, 0.05) is 44.3 Å². The van der Waals surface area contributed by atoms with Crippen molar-refractivity contribution in [2.75, 3.05) is 0 Å². The van der Waals surface area contributed by atoms with Crippen molar-refractivity contribution >= 4 is 57.4 Å². The lowest BCUT2D eigenvalue weighted by atomic mass is 10.0.